The molecule has 1 N–H and O–H groups in total. The van der Waals surface area contributed by atoms with Crippen molar-refractivity contribution in [2.24, 2.45) is 0 Å². The second kappa shape index (κ2) is 6.80. The maximum absolute atomic E-state index is 13.6. The Hall–Kier alpha value is -1.01. The van der Waals surface area contributed by atoms with E-state index in [1.54, 1.807) is 7.05 Å². The molecule has 0 aliphatic rings. The highest BCUT2D eigenvalue weighted by Gasteiger charge is 2.13. The molecule has 18 heavy (non-hydrogen) atoms. The minimum Gasteiger partial charge on any atom is -0.345 e. The molecule has 0 radical (unpaired) electrons. The molecule has 0 aromatic heterocycles. The van der Waals surface area contributed by atoms with Crippen molar-refractivity contribution < 1.29 is 13.6 Å². The zero-order chi connectivity index (χ0) is 13.7. The Morgan fingerprint density at radius 2 is 2.11 bits per heavy atom. The van der Waals surface area contributed by atoms with Crippen molar-refractivity contribution in [3.63, 3.8) is 0 Å². The second-order valence-electron chi connectivity index (χ2n) is 3.83. The van der Waals surface area contributed by atoms with Crippen LogP contribution in [0.5, 0.6) is 0 Å². The van der Waals surface area contributed by atoms with Crippen LogP contribution in [-0.4, -0.2) is 30.9 Å². The second-order valence-corrected chi connectivity index (χ2v) is 4.69. The van der Waals surface area contributed by atoms with Gasteiger partial charge in [0.25, 0.3) is 0 Å². The minimum atomic E-state index is -0.640. The summed E-state index contributed by atoms with van der Waals surface area (Å²) in [5.41, 5.74) is -0.0728. The summed E-state index contributed by atoms with van der Waals surface area (Å²) in [6.07, 6.45) is 0. The van der Waals surface area contributed by atoms with Crippen LogP contribution >= 0.6 is 15.9 Å². The molecule has 1 rings (SSSR count). The van der Waals surface area contributed by atoms with Crippen molar-refractivity contribution in [3.8, 4) is 0 Å². The third-order valence-corrected chi connectivity index (χ3v) is 3.23. The molecular weight excluding hydrogens is 306 g/mol. The van der Waals surface area contributed by atoms with Crippen molar-refractivity contribution in [2.45, 2.75) is 13.5 Å². The van der Waals surface area contributed by atoms with E-state index in [2.05, 4.69) is 21.2 Å². The van der Waals surface area contributed by atoms with Crippen LogP contribution in [0.4, 0.5) is 8.78 Å². The smallest absolute Gasteiger partial charge is 0.236 e. The van der Waals surface area contributed by atoms with E-state index < -0.39 is 11.6 Å². The first-order valence-electron chi connectivity index (χ1n) is 5.54. The lowest BCUT2D eigenvalue weighted by atomic mass is 10.2. The summed E-state index contributed by atoms with van der Waals surface area (Å²) < 4.78 is 27.2. The zero-order valence-corrected chi connectivity index (χ0v) is 11.9. The SMILES string of the molecule is CCN(C)C(=O)CNCc1c(F)ccc(Br)c1F. The summed E-state index contributed by atoms with van der Waals surface area (Å²) in [6.45, 7) is 2.47. The summed E-state index contributed by atoms with van der Waals surface area (Å²) in [4.78, 5) is 13.0. The first-order valence-corrected chi connectivity index (χ1v) is 6.33. The molecule has 0 bridgehead atoms. The van der Waals surface area contributed by atoms with Crippen molar-refractivity contribution >= 4 is 21.8 Å². The van der Waals surface area contributed by atoms with Crippen LogP contribution in [-0.2, 0) is 11.3 Å². The van der Waals surface area contributed by atoms with Gasteiger partial charge in [0, 0.05) is 25.7 Å². The van der Waals surface area contributed by atoms with Gasteiger partial charge >= 0.3 is 0 Å². The molecule has 3 nitrogen and oxygen atoms in total. The Kier molecular flexibility index (Phi) is 5.68. The predicted octanol–water partition coefficient (Wildman–Crippen LogP) is 2.30. The van der Waals surface area contributed by atoms with E-state index in [1.807, 2.05) is 6.92 Å². The molecule has 1 amide bonds. The molecule has 0 fully saturated rings. The van der Waals surface area contributed by atoms with Gasteiger partial charge in [-0.1, -0.05) is 0 Å². The number of nitrogens with one attached hydrogen (secondary N) is 1. The van der Waals surface area contributed by atoms with Crippen LogP contribution in [0.3, 0.4) is 0 Å². The van der Waals surface area contributed by atoms with Crippen molar-refractivity contribution in [1.82, 2.24) is 10.2 Å². The van der Waals surface area contributed by atoms with Crippen molar-refractivity contribution in [3.05, 3.63) is 33.8 Å². The number of hydrogen-bond acceptors (Lipinski definition) is 2. The zero-order valence-electron chi connectivity index (χ0n) is 10.3. The Bertz CT molecular complexity index is 440. The van der Waals surface area contributed by atoms with E-state index >= 15 is 0 Å². The highest BCUT2D eigenvalue weighted by Crippen LogP contribution is 2.21. The molecule has 0 atom stereocenters. The van der Waals surface area contributed by atoms with E-state index in [1.165, 1.54) is 17.0 Å². The summed E-state index contributed by atoms with van der Waals surface area (Å²) in [5, 5.41) is 2.73. The van der Waals surface area contributed by atoms with Gasteiger partial charge < -0.3 is 10.2 Å². The lowest BCUT2D eigenvalue weighted by Gasteiger charge is -2.15. The Morgan fingerprint density at radius 3 is 2.72 bits per heavy atom. The molecule has 0 heterocycles. The molecule has 0 aliphatic carbocycles. The predicted molar refractivity (Wildman–Crippen MR) is 69.1 cm³/mol. The summed E-state index contributed by atoms with van der Waals surface area (Å²) in [5.74, 6) is -1.38. The van der Waals surface area contributed by atoms with Crippen LogP contribution < -0.4 is 5.32 Å². The standard InChI is InChI=1S/C12H15BrF2N2O/c1-3-17(2)11(18)7-16-6-8-10(14)5-4-9(13)12(8)15/h4-5,16H,3,6-7H2,1-2H3. The number of rotatable bonds is 5. The van der Waals surface area contributed by atoms with Crippen LogP contribution in [0.25, 0.3) is 0 Å². The molecule has 1 aromatic rings. The van der Waals surface area contributed by atoms with Gasteiger partial charge in [-0.25, -0.2) is 8.78 Å². The monoisotopic (exact) mass is 320 g/mol. The van der Waals surface area contributed by atoms with Gasteiger partial charge in [-0.15, -0.1) is 0 Å². The van der Waals surface area contributed by atoms with E-state index in [4.69, 9.17) is 0 Å². The van der Waals surface area contributed by atoms with Gasteiger partial charge in [0.1, 0.15) is 11.6 Å². The maximum Gasteiger partial charge on any atom is 0.236 e. The van der Waals surface area contributed by atoms with Gasteiger partial charge in [-0.3, -0.25) is 4.79 Å². The molecule has 0 saturated carbocycles. The largest absolute Gasteiger partial charge is 0.345 e. The number of carbonyl (C=O) groups excluding carboxylic acids is 1. The molecule has 6 heteroatoms. The van der Waals surface area contributed by atoms with E-state index in [0.717, 1.165) is 0 Å². The molecule has 1 aromatic carbocycles. The third-order valence-electron chi connectivity index (χ3n) is 2.62. The van der Waals surface area contributed by atoms with Gasteiger partial charge in [-0.2, -0.15) is 0 Å². The lowest BCUT2D eigenvalue weighted by molar-refractivity contribution is -0.128. The maximum atomic E-state index is 13.6. The molecule has 100 valence electrons. The van der Waals surface area contributed by atoms with E-state index in [0.29, 0.717) is 6.54 Å². The number of halogens is 3. The molecule has 0 unspecified atom stereocenters. The van der Waals surface area contributed by atoms with Crippen molar-refractivity contribution in [1.29, 1.82) is 0 Å². The first kappa shape index (κ1) is 15.0. The fourth-order valence-electron chi connectivity index (χ4n) is 1.34. The fraction of sp³-hybridized carbons (Fsp3) is 0.417. The van der Waals surface area contributed by atoms with E-state index in [-0.39, 0.29) is 29.0 Å². The van der Waals surface area contributed by atoms with Gasteiger partial charge in [0.15, 0.2) is 0 Å². The van der Waals surface area contributed by atoms with Crippen LogP contribution in [0.1, 0.15) is 12.5 Å². The van der Waals surface area contributed by atoms with E-state index in [9.17, 15) is 13.6 Å². The van der Waals surface area contributed by atoms with Crippen molar-refractivity contribution in [2.75, 3.05) is 20.1 Å². The quantitative estimate of drug-likeness (QED) is 0.844. The number of amides is 1. The summed E-state index contributed by atoms with van der Waals surface area (Å²) in [6, 6.07) is 2.49. The number of likely N-dealkylation sites (N-methyl/N-ethyl adjacent to an activating group) is 1. The highest BCUT2D eigenvalue weighted by atomic mass is 79.9. The lowest BCUT2D eigenvalue weighted by Crippen LogP contribution is -2.35. The normalized spacial score (nSPS) is 10.5. The summed E-state index contributed by atoms with van der Waals surface area (Å²) in [7, 11) is 1.67. The van der Waals surface area contributed by atoms with Gasteiger partial charge in [0.2, 0.25) is 5.91 Å². The Balaban J connectivity index is 2.60. The average Bonchev–Trinajstić information content (AvgIpc) is 2.36. The Labute approximate surface area is 113 Å². The molecule has 0 aliphatic heterocycles. The van der Waals surface area contributed by atoms with Crippen LogP contribution in [0.15, 0.2) is 16.6 Å². The topological polar surface area (TPSA) is 32.3 Å². The van der Waals surface area contributed by atoms with Gasteiger partial charge in [-0.05, 0) is 35.0 Å². The number of nitrogens with zero attached hydrogens (tertiary/aromatic N) is 1. The number of hydrogen-bond donors (Lipinski definition) is 1. The Morgan fingerprint density at radius 1 is 1.44 bits per heavy atom. The first-order chi connectivity index (χ1) is 8.47. The number of carbonyl (C=O) groups is 1. The fourth-order valence-corrected chi connectivity index (χ4v) is 1.71. The molecule has 0 spiro atoms. The number of benzene rings is 1. The average molecular weight is 321 g/mol. The minimum absolute atomic E-state index is 0.0274. The summed E-state index contributed by atoms with van der Waals surface area (Å²) >= 11 is 2.99. The highest BCUT2D eigenvalue weighted by molar-refractivity contribution is 9.10. The van der Waals surface area contributed by atoms with Gasteiger partial charge in [0.05, 0.1) is 11.0 Å². The van der Waals surface area contributed by atoms with Crippen LogP contribution in [0.2, 0.25) is 0 Å². The molecular formula is C12H15BrF2N2O. The molecule has 0 saturated heterocycles. The third kappa shape index (κ3) is 3.74. The van der Waals surface area contributed by atoms with Crippen LogP contribution in [0, 0.1) is 11.6 Å².